The number of carboxylic acid groups (broad SMARTS) is 1. The molecule has 0 saturated carbocycles. The lowest BCUT2D eigenvalue weighted by Gasteiger charge is -1.98. The Morgan fingerprint density at radius 1 is 1.85 bits per heavy atom. The number of hydrogen-bond donors (Lipinski definition) is 2. The van der Waals surface area contributed by atoms with Crippen molar-refractivity contribution in [2.24, 2.45) is 5.73 Å². The Morgan fingerprint density at radius 2 is 2.54 bits per heavy atom. The molecule has 68 valence electrons. The molecule has 1 aromatic rings. The summed E-state index contributed by atoms with van der Waals surface area (Å²) in [4.78, 5) is 13.9. The van der Waals surface area contributed by atoms with E-state index in [-0.39, 0.29) is 12.3 Å². The van der Waals surface area contributed by atoms with Crippen LogP contribution in [0.3, 0.4) is 0 Å². The van der Waals surface area contributed by atoms with Crippen LogP contribution in [0, 0.1) is 12.3 Å². The first kappa shape index (κ1) is 9.22. The Kier molecular flexibility index (Phi) is 2.62. The van der Waals surface area contributed by atoms with Crippen molar-refractivity contribution in [1.82, 2.24) is 10.1 Å². The first-order valence-corrected chi connectivity index (χ1v) is 3.41. The number of rotatable bonds is 3. The van der Waals surface area contributed by atoms with Crippen LogP contribution in [-0.2, 0) is 0 Å². The highest BCUT2D eigenvalue weighted by Gasteiger charge is 2.17. The summed E-state index contributed by atoms with van der Waals surface area (Å²) in [5.41, 5.74) is 5.49. The smallest absolute Gasteiger partial charge is 0.377 e. The molecule has 1 rings (SSSR count). The molecule has 0 amide bonds. The predicted octanol–water partition coefficient (Wildman–Crippen LogP) is -0.209. The number of carboxylic acids is 1. The molecule has 0 aliphatic heterocycles. The Morgan fingerprint density at radius 3 is 3.00 bits per heavy atom. The average Bonchev–Trinajstić information content (AvgIpc) is 2.52. The number of hydrogen-bond acceptors (Lipinski definition) is 5. The molecular formula is C7H7N3O3. The van der Waals surface area contributed by atoms with Crippen molar-refractivity contribution in [3.05, 3.63) is 11.7 Å². The van der Waals surface area contributed by atoms with Crippen LogP contribution in [0.25, 0.3) is 0 Å². The van der Waals surface area contributed by atoms with Crippen LogP contribution in [0.15, 0.2) is 4.52 Å². The normalized spacial score (nSPS) is 12.0. The lowest BCUT2D eigenvalue weighted by atomic mass is 10.2. The van der Waals surface area contributed by atoms with E-state index in [0.29, 0.717) is 0 Å². The van der Waals surface area contributed by atoms with Gasteiger partial charge in [0, 0.05) is 6.42 Å². The molecule has 3 N–H and O–H groups in total. The number of terminal acetylenes is 1. The van der Waals surface area contributed by atoms with Gasteiger partial charge in [-0.3, -0.25) is 0 Å². The van der Waals surface area contributed by atoms with Crippen LogP contribution in [0.5, 0.6) is 0 Å². The standard InChI is InChI=1S/C7H7N3O3/c1-2-3-4(8)6-9-5(7(11)12)10-13-6/h1,4H,3,8H2,(H,11,12). The van der Waals surface area contributed by atoms with Gasteiger partial charge in [-0.05, 0) is 5.16 Å². The summed E-state index contributed by atoms with van der Waals surface area (Å²) in [7, 11) is 0. The van der Waals surface area contributed by atoms with Crippen LogP contribution in [-0.4, -0.2) is 21.2 Å². The number of aromatic nitrogens is 2. The maximum atomic E-state index is 10.3. The average molecular weight is 181 g/mol. The van der Waals surface area contributed by atoms with Crippen molar-refractivity contribution in [2.75, 3.05) is 0 Å². The number of nitrogens with zero attached hydrogens (tertiary/aromatic N) is 2. The second-order valence-electron chi connectivity index (χ2n) is 2.28. The second kappa shape index (κ2) is 3.69. The SMILES string of the molecule is C#CCC(N)c1nc(C(=O)O)no1. The second-order valence-corrected chi connectivity index (χ2v) is 2.28. The highest BCUT2D eigenvalue weighted by molar-refractivity contribution is 5.82. The fourth-order valence-corrected chi connectivity index (χ4v) is 0.687. The van der Waals surface area contributed by atoms with Gasteiger partial charge in [-0.1, -0.05) is 0 Å². The first-order valence-electron chi connectivity index (χ1n) is 3.41. The van der Waals surface area contributed by atoms with Crippen molar-refractivity contribution in [2.45, 2.75) is 12.5 Å². The Hall–Kier alpha value is -1.87. The molecule has 0 saturated heterocycles. The summed E-state index contributed by atoms with van der Waals surface area (Å²) in [6.45, 7) is 0. The van der Waals surface area contributed by atoms with Crippen LogP contribution < -0.4 is 5.73 Å². The Balaban J connectivity index is 2.80. The molecule has 6 nitrogen and oxygen atoms in total. The molecule has 13 heavy (non-hydrogen) atoms. The molecule has 0 spiro atoms. The number of carbonyl (C=O) groups is 1. The summed E-state index contributed by atoms with van der Waals surface area (Å²) >= 11 is 0. The van der Waals surface area contributed by atoms with E-state index >= 15 is 0 Å². The van der Waals surface area contributed by atoms with E-state index < -0.39 is 17.8 Å². The molecule has 1 aromatic heterocycles. The number of nitrogens with two attached hydrogens (primary N) is 1. The summed E-state index contributed by atoms with van der Waals surface area (Å²) < 4.78 is 4.58. The van der Waals surface area contributed by atoms with Gasteiger partial charge in [0.15, 0.2) is 0 Å². The van der Waals surface area contributed by atoms with Gasteiger partial charge in [0.1, 0.15) is 0 Å². The molecule has 0 aliphatic rings. The Labute approximate surface area is 73.7 Å². The molecule has 0 radical (unpaired) electrons. The molecule has 0 fully saturated rings. The molecule has 0 bridgehead atoms. The van der Waals surface area contributed by atoms with Gasteiger partial charge in [-0.2, -0.15) is 4.98 Å². The summed E-state index contributed by atoms with van der Waals surface area (Å²) in [6, 6.07) is -0.606. The van der Waals surface area contributed by atoms with E-state index in [9.17, 15) is 4.79 Å². The van der Waals surface area contributed by atoms with Crippen LogP contribution in [0.2, 0.25) is 0 Å². The van der Waals surface area contributed by atoms with Crippen LogP contribution >= 0.6 is 0 Å². The van der Waals surface area contributed by atoms with Gasteiger partial charge in [-0.15, -0.1) is 12.3 Å². The maximum absolute atomic E-state index is 10.3. The van der Waals surface area contributed by atoms with E-state index in [2.05, 4.69) is 20.6 Å². The van der Waals surface area contributed by atoms with Crippen molar-refractivity contribution in [1.29, 1.82) is 0 Å². The van der Waals surface area contributed by atoms with Gasteiger partial charge in [0.05, 0.1) is 6.04 Å². The highest BCUT2D eigenvalue weighted by atomic mass is 16.5. The number of aromatic carboxylic acids is 1. The molecule has 0 aliphatic carbocycles. The van der Waals surface area contributed by atoms with Gasteiger partial charge in [0.25, 0.3) is 5.82 Å². The van der Waals surface area contributed by atoms with E-state index in [0.717, 1.165) is 0 Å². The van der Waals surface area contributed by atoms with Crippen molar-refractivity contribution >= 4 is 5.97 Å². The maximum Gasteiger partial charge on any atom is 0.377 e. The van der Waals surface area contributed by atoms with Crippen molar-refractivity contribution < 1.29 is 14.4 Å². The van der Waals surface area contributed by atoms with Gasteiger partial charge < -0.3 is 15.4 Å². The topological polar surface area (TPSA) is 102 Å². The minimum Gasteiger partial charge on any atom is -0.475 e. The predicted molar refractivity (Wildman–Crippen MR) is 41.6 cm³/mol. The monoisotopic (exact) mass is 181 g/mol. The van der Waals surface area contributed by atoms with E-state index in [1.807, 2.05) is 0 Å². The molecule has 1 unspecified atom stereocenters. The van der Waals surface area contributed by atoms with Gasteiger partial charge in [0.2, 0.25) is 5.89 Å². The summed E-state index contributed by atoms with van der Waals surface area (Å²) in [5, 5.41) is 11.6. The van der Waals surface area contributed by atoms with E-state index in [1.165, 1.54) is 0 Å². The zero-order valence-corrected chi connectivity index (χ0v) is 6.60. The van der Waals surface area contributed by atoms with Gasteiger partial charge in [-0.25, -0.2) is 4.79 Å². The largest absolute Gasteiger partial charge is 0.475 e. The lowest BCUT2D eigenvalue weighted by molar-refractivity contribution is 0.0680. The quantitative estimate of drug-likeness (QED) is 0.625. The molecular weight excluding hydrogens is 174 g/mol. The van der Waals surface area contributed by atoms with E-state index in [1.54, 1.807) is 0 Å². The molecule has 1 heterocycles. The molecule has 0 aromatic carbocycles. The van der Waals surface area contributed by atoms with Crippen molar-refractivity contribution in [3.8, 4) is 12.3 Å². The van der Waals surface area contributed by atoms with Gasteiger partial charge >= 0.3 is 5.97 Å². The first-order chi connectivity index (χ1) is 6.15. The third kappa shape index (κ3) is 2.04. The minimum absolute atomic E-state index is 0.0374. The fourth-order valence-electron chi connectivity index (χ4n) is 0.687. The van der Waals surface area contributed by atoms with Crippen LogP contribution in [0.4, 0.5) is 0 Å². The lowest BCUT2D eigenvalue weighted by Crippen LogP contribution is -2.10. The van der Waals surface area contributed by atoms with E-state index in [4.69, 9.17) is 17.3 Å². The Bertz CT molecular complexity index is 352. The fraction of sp³-hybridized carbons (Fsp3) is 0.286. The molecule has 1 atom stereocenters. The third-order valence-corrected chi connectivity index (χ3v) is 1.29. The minimum atomic E-state index is -1.26. The molecule has 6 heteroatoms. The zero-order valence-electron chi connectivity index (χ0n) is 6.60. The van der Waals surface area contributed by atoms with Crippen LogP contribution in [0.1, 0.15) is 29.0 Å². The van der Waals surface area contributed by atoms with Crippen molar-refractivity contribution in [3.63, 3.8) is 0 Å². The highest BCUT2D eigenvalue weighted by Crippen LogP contribution is 2.10. The third-order valence-electron chi connectivity index (χ3n) is 1.29. The summed E-state index contributed by atoms with van der Waals surface area (Å²) in [6.07, 6.45) is 5.22. The zero-order chi connectivity index (χ0) is 9.84. The summed E-state index contributed by atoms with van der Waals surface area (Å²) in [5.74, 6) is 0.666.